The van der Waals surface area contributed by atoms with Gasteiger partial charge in [0.05, 0.1) is 11.0 Å². The van der Waals surface area contributed by atoms with E-state index in [2.05, 4.69) is 5.32 Å². The Morgan fingerprint density at radius 3 is 2.50 bits per heavy atom. The van der Waals surface area contributed by atoms with Crippen LogP contribution in [-0.4, -0.2) is 55.3 Å². The van der Waals surface area contributed by atoms with Gasteiger partial charge in [-0.25, -0.2) is 8.42 Å². The van der Waals surface area contributed by atoms with E-state index in [1.807, 2.05) is 0 Å². The first-order valence-electron chi connectivity index (χ1n) is 7.11. The molecule has 2 amide bonds. The molecule has 0 spiro atoms. The Hall–Kier alpha value is -1.11. The molecule has 1 unspecified atom stereocenters. The van der Waals surface area contributed by atoms with Crippen LogP contribution in [0.1, 0.15) is 33.1 Å². The Bertz CT molecular complexity index is 497. The van der Waals surface area contributed by atoms with Gasteiger partial charge in [0, 0.05) is 19.5 Å². The lowest BCUT2D eigenvalue weighted by atomic mass is 10.1. The third kappa shape index (κ3) is 3.50. The lowest BCUT2D eigenvalue weighted by Gasteiger charge is -2.24. The molecule has 0 bridgehead atoms. The molecule has 1 aliphatic carbocycles. The van der Waals surface area contributed by atoms with Crippen LogP contribution in [0.15, 0.2) is 0 Å². The van der Waals surface area contributed by atoms with Crippen molar-refractivity contribution in [3.05, 3.63) is 0 Å². The van der Waals surface area contributed by atoms with Gasteiger partial charge >= 0.3 is 0 Å². The summed E-state index contributed by atoms with van der Waals surface area (Å²) < 4.78 is 23.7. The van der Waals surface area contributed by atoms with Crippen molar-refractivity contribution in [1.29, 1.82) is 0 Å². The van der Waals surface area contributed by atoms with Crippen molar-refractivity contribution < 1.29 is 18.0 Å². The fourth-order valence-electron chi connectivity index (χ4n) is 2.29. The predicted molar refractivity (Wildman–Crippen MR) is 74.8 cm³/mol. The van der Waals surface area contributed by atoms with E-state index in [1.165, 1.54) is 4.90 Å². The van der Waals surface area contributed by atoms with Crippen LogP contribution in [0.2, 0.25) is 0 Å². The van der Waals surface area contributed by atoms with Crippen molar-refractivity contribution in [1.82, 2.24) is 10.2 Å². The first-order valence-corrected chi connectivity index (χ1v) is 8.82. The number of hydrogen-bond acceptors (Lipinski definition) is 4. The van der Waals surface area contributed by atoms with Crippen molar-refractivity contribution >= 4 is 21.7 Å². The lowest BCUT2D eigenvalue weighted by Crippen LogP contribution is -2.47. The van der Waals surface area contributed by atoms with E-state index in [0.717, 1.165) is 12.8 Å². The van der Waals surface area contributed by atoms with Crippen molar-refractivity contribution in [2.75, 3.05) is 18.8 Å². The van der Waals surface area contributed by atoms with E-state index < -0.39 is 21.1 Å². The second-order valence-electron chi connectivity index (χ2n) is 5.87. The van der Waals surface area contributed by atoms with E-state index in [1.54, 1.807) is 13.8 Å². The Labute approximate surface area is 119 Å². The van der Waals surface area contributed by atoms with Crippen LogP contribution < -0.4 is 5.32 Å². The Morgan fingerprint density at radius 2 is 1.95 bits per heavy atom. The number of carbonyl (C=O) groups is 2. The summed E-state index contributed by atoms with van der Waals surface area (Å²) in [7, 11) is -3.17. The smallest absolute Gasteiger partial charge is 0.245 e. The van der Waals surface area contributed by atoms with Crippen LogP contribution in [0, 0.1) is 5.92 Å². The maximum absolute atomic E-state index is 12.4. The summed E-state index contributed by atoms with van der Waals surface area (Å²) in [5.41, 5.74) is 0. The van der Waals surface area contributed by atoms with Gasteiger partial charge in [-0.2, -0.15) is 0 Å². The standard InChI is InChI=1S/C13H22N2O4S/c1-9(2)20(18,19)8-7-15-6-5-11(16)14-12(13(15)17)10-3-4-10/h9-10,12H,3-8H2,1-2H3,(H,14,16). The summed E-state index contributed by atoms with van der Waals surface area (Å²) in [6.45, 7) is 3.76. The normalized spacial score (nSPS) is 24.8. The molecule has 1 heterocycles. The minimum absolute atomic E-state index is 0.0397. The zero-order valence-corrected chi connectivity index (χ0v) is 12.8. The van der Waals surface area contributed by atoms with Crippen LogP contribution in [0.3, 0.4) is 0 Å². The van der Waals surface area contributed by atoms with Crippen LogP contribution in [0.5, 0.6) is 0 Å². The molecule has 1 aliphatic heterocycles. The predicted octanol–water partition coefficient (Wildman–Crippen LogP) is -0.0633. The number of nitrogens with zero attached hydrogens (tertiary/aromatic N) is 1. The zero-order chi connectivity index (χ0) is 14.9. The molecule has 0 aromatic heterocycles. The zero-order valence-electron chi connectivity index (χ0n) is 12.0. The Morgan fingerprint density at radius 1 is 1.30 bits per heavy atom. The summed E-state index contributed by atoms with van der Waals surface area (Å²) in [6, 6.07) is -0.452. The fourth-order valence-corrected chi connectivity index (χ4v) is 3.24. The summed E-state index contributed by atoms with van der Waals surface area (Å²) in [5.74, 6) is -0.0577. The van der Waals surface area contributed by atoms with Crippen molar-refractivity contribution in [3.63, 3.8) is 0 Å². The van der Waals surface area contributed by atoms with E-state index >= 15 is 0 Å². The van der Waals surface area contributed by atoms with Gasteiger partial charge in [-0.05, 0) is 32.6 Å². The van der Waals surface area contributed by atoms with Gasteiger partial charge < -0.3 is 10.2 Å². The van der Waals surface area contributed by atoms with Crippen LogP contribution in [-0.2, 0) is 19.4 Å². The molecule has 6 nitrogen and oxygen atoms in total. The molecular weight excluding hydrogens is 280 g/mol. The topological polar surface area (TPSA) is 83.6 Å². The van der Waals surface area contributed by atoms with E-state index in [9.17, 15) is 18.0 Å². The number of nitrogens with one attached hydrogen (secondary N) is 1. The minimum Gasteiger partial charge on any atom is -0.344 e. The lowest BCUT2D eigenvalue weighted by molar-refractivity contribution is -0.133. The highest BCUT2D eigenvalue weighted by molar-refractivity contribution is 7.92. The van der Waals surface area contributed by atoms with Crippen LogP contribution in [0.25, 0.3) is 0 Å². The van der Waals surface area contributed by atoms with Gasteiger partial charge in [-0.3, -0.25) is 9.59 Å². The molecule has 1 N–H and O–H groups in total. The highest BCUT2D eigenvalue weighted by Crippen LogP contribution is 2.34. The molecule has 2 aliphatic rings. The summed E-state index contributed by atoms with van der Waals surface area (Å²) >= 11 is 0. The van der Waals surface area contributed by atoms with Crippen molar-refractivity contribution in [2.45, 2.75) is 44.4 Å². The van der Waals surface area contributed by atoms with E-state index in [4.69, 9.17) is 0 Å². The molecule has 0 aromatic rings. The molecular formula is C13H22N2O4S. The number of amides is 2. The second kappa shape index (κ2) is 5.71. The van der Waals surface area contributed by atoms with Gasteiger partial charge in [-0.15, -0.1) is 0 Å². The summed E-state index contributed by atoms with van der Waals surface area (Å²) in [4.78, 5) is 25.5. The average molecular weight is 302 g/mol. The SMILES string of the molecule is CC(C)S(=O)(=O)CCN1CCC(=O)NC(C2CC2)C1=O. The van der Waals surface area contributed by atoms with E-state index in [-0.39, 0.29) is 36.5 Å². The molecule has 0 aromatic carbocycles. The molecule has 1 saturated heterocycles. The third-order valence-corrected chi connectivity index (χ3v) is 6.15. The monoisotopic (exact) mass is 302 g/mol. The van der Waals surface area contributed by atoms with E-state index in [0.29, 0.717) is 6.54 Å². The molecule has 114 valence electrons. The van der Waals surface area contributed by atoms with Gasteiger partial charge in [-0.1, -0.05) is 0 Å². The maximum atomic E-state index is 12.4. The molecule has 0 radical (unpaired) electrons. The molecule has 1 atom stereocenters. The number of hydrogen-bond donors (Lipinski definition) is 1. The average Bonchev–Trinajstić information content (AvgIpc) is 3.18. The van der Waals surface area contributed by atoms with Gasteiger partial charge in [0.2, 0.25) is 11.8 Å². The second-order valence-corrected chi connectivity index (χ2v) is 8.55. The Kier molecular flexibility index (Phi) is 4.36. The van der Waals surface area contributed by atoms with Crippen molar-refractivity contribution in [3.8, 4) is 0 Å². The highest BCUT2D eigenvalue weighted by Gasteiger charge is 2.41. The Balaban J connectivity index is 2.02. The number of sulfone groups is 1. The molecule has 7 heteroatoms. The molecule has 1 saturated carbocycles. The maximum Gasteiger partial charge on any atom is 0.245 e. The molecule has 20 heavy (non-hydrogen) atoms. The quantitative estimate of drug-likeness (QED) is 0.771. The first-order chi connectivity index (χ1) is 9.31. The van der Waals surface area contributed by atoms with Gasteiger partial charge in [0.1, 0.15) is 6.04 Å². The number of rotatable bonds is 5. The number of carbonyl (C=O) groups excluding carboxylic acids is 2. The highest BCUT2D eigenvalue weighted by atomic mass is 32.2. The van der Waals surface area contributed by atoms with Crippen molar-refractivity contribution in [2.24, 2.45) is 5.92 Å². The fraction of sp³-hybridized carbons (Fsp3) is 0.846. The minimum atomic E-state index is -3.17. The largest absolute Gasteiger partial charge is 0.344 e. The van der Waals surface area contributed by atoms with Gasteiger partial charge in [0.25, 0.3) is 0 Å². The summed E-state index contributed by atoms with van der Waals surface area (Å²) in [5, 5.41) is 2.32. The summed E-state index contributed by atoms with van der Waals surface area (Å²) in [6.07, 6.45) is 2.15. The van der Waals surface area contributed by atoms with Gasteiger partial charge in [0.15, 0.2) is 9.84 Å². The molecule has 2 fully saturated rings. The van der Waals surface area contributed by atoms with Crippen LogP contribution in [0.4, 0.5) is 0 Å². The third-order valence-electron chi connectivity index (χ3n) is 3.96. The molecule has 2 rings (SSSR count). The van der Waals surface area contributed by atoms with Crippen LogP contribution >= 0.6 is 0 Å². The first kappa shape index (κ1) is 15.3.